The Bertz CT molecular complexity index is 419. The molecule has 118 valence electrons. The van der Waals surface area contributed by atoms with E-state index < -0.39 is 0 Å². The molecule has 21 heavy (non-hydrogen) atoms. The number of anilines is 1. The summed E-state index contributed by atoms with van der Waals surface area (Å²) in [5, 5.41) is 3.39. The molecule has 1 saturated heterocycles. The minimum atomic E-state index is 0.656. The molecule has 1 aromatic heterocycles. The van der Waals surface area contributed by atoms with E-state index in [-0.39, 0.29) is 0 Å². The first-order chi connectivity index (χ1) is 10.3. The summed E-state index contributed by atoms with van der Waals surface area (Å²) < 4.78 is 0. The van der Waals surface area contributed by atoms with Gasteiger partial charge in [0.15, 0.2) is 0 Å². The maximum Gasteiger partial charge on any atom is 0.147 e. The molecule has 1 N–H and O–H groups in total. The Hall–Kier alpha value is -1.20. The van der Waals surface area contributed by atoms with Gasteiger partial charge in [0.2, 0.25) is 0 Å². The Kier molecular flexibility index (Phi) is 6.39. The Labute approximate surface area is 128 Å². The van der Waals surface area contributed by atoms with Crippen molar-refractivity contribution in [2.75, 3.05) is 37.6 Å². The fraction of sp³-hybridized carbons (Fsp3) is 0.750. The fourth-order valence-corrected chi connectivity index (χ4v) is 3.01. The number of aromatic nitrogens is 2. The average Bonchev–Trinajstić information content (AvgIpc) is 2.99. The van der Waals surface area contributed by atoms with Crippen molar-refractivity contribution >= 4 is 5.82 Å². The summed E-state index contributed by atoms with van der Waals surface area (Å²) in [6.45, 7) is 12.9. The standard InChI is InChI=1S/C16H29N5/c1-4-8-17-10-14-11-18-12-16(19-14)21-9-7-15(13-21)20(5-2)6-3/h11-12,15,17H,4-10,13H2,1-3H3. The van der Waals surface area contributed by atoms with E-state index in [4.69, 9.17) is 4.98 Å². The van der Waals surface area contributed by atoms with Gasteiger partial charge >= 0.3 is 0 Å². The van der Waals surface area contributed by atoms with Gasteiger partial charge in [-0.2, -0.15) is 0 Å². The van der Waals surface area contributed by atoms with Gasteiger partial charge in [-0.05, 0) is 32.5 Å². The van der Waals surface area contributed by atoms with E-state index in [2.05, 4.69) is 40.9 Å². The molecule has 0 saturated carbocycles. The summed E-state index contributed by atoms with van der Waals surface area (Å²) >= 11 is 0. The van der Waals surface area contributed by atoms with Crippen molar-refractivity contribution in [2.45, 2.75) is 46.2 Å². The summed E-state index contributed by atoms with van der Waals surface area (Å²) in [5.74, 6) is 1.03. The molecule has 0 amide bonds. The van der Waals surface area contributed by atoms with Gasteiger partial charge in [-0.25, -0.2) is 4.98 Å². The molecule has 2 heterocycles. The highest BCUT2D eigenvalue weighted by molar-refractivity contribution is 5.38. The number of hydrogen-bond acceptors (Lipinski definition) is 5. The molecule has 1 aliphatic heterocycles. The van der Waals surface area contributed by atoms with Crippen LogP contribution >= 0.6 is 0 Å². The number of likely N-dealkylation sites (N-methyl/N-ethyl adjacent to an activating group) is 1. The Morgan fingerprint density at radius 2 is 2.10 bits per heavy atom. The Morgan fingerprint density at radius 1 is 1.29 bits per heavy atom. The highest BCUT2D eigenvalue weighted by atomic mass is 15.3. The molecule has 0 aliphatic carbocycles. The highest BCUT2D eigenvalue weighted by Gasteiger charge is 2.27. The van der Waals surface area contributed by atoms with Crippen LogP contribution in [0.5, 0.6) is 0 Å². The van der Waals surface area contributed by atoms with Gasteiger partial charge in [0.1, 0.15) is 5.82 Å². The molecular formula is C16H29N5. The van der Waals surface area contributed by atoms with E-state index in [1.165, 1.54) is 6.42 Å². The molecule has 5 heteroatoms. The second-order valence-corrected chi connectivity index (χ2v) is 5.66. The third-order valence-electron chi connectivity index (χ3n) is 4.22. The lowest BCUT2D eigenvalue weighted by Crippen LogP contribution is -2.37. The summed E-state index contributed by atoms with van der Waals surface area (Å²) in [4.78, 5) is 14.0. The van der Waals surface area contributed by atoms with Crippen molar-refractivity contribution in [3.05, 3.63) is 18.1 Å². The Balaban J connectivity index is 1.94. The van der Waals surface area contributed by atoms with Gasteiger partial charge < -0.3 is 10.2 Å². The van der Waals surface area contributed by atoms with Crippen molar-refractivity contribution in [3.8, 4) is 0 Å². The second-order valence-electron chi connectivity index (χ2n) is 5.66. The predicted molar refractivity (Wildman–Crippen MR) is 87.6 cm³/mol. The van der Waals surface area contributed by atoms with Crippen molar-refractivity contribution in [3.63, 3.8) is 0 Å². The molecule has 0 bridgehead atoms. The van der Waals surface area contributed by atoms with Crippen LogP contribution in [-0.4, -0.2) is 53.6 Å². The minimum absolute atomic E-state index is 0.656. The fourth-order valence-electron chi connectivity index (χ4n) is 3.01. The number of nitrogens with one attached hydrogen (secondary N) is 1. The van der Waals surface area contributed by atoms with Crippen LogP contribution < -0.4 is 10.2 Å². The SMILES string of the molecule is CCCNCc1cncc(N2CCC(N(CC)CC)C2)n1. The molecule has 1 unspecified atom stereocenters. The third-order valence-corrected chi connectivity index (χ3v) is 4.22. The van der Waals surface area contributed by atoms with Gasteiger partial charge in [-0.15, -0.1) is 0 Å². The molecule has 0 aromatic carbocycles. The van der Waals surface area contributed by atoms with Crippen molar-refractivity contribution in [2.24, 2.45) is 0 Å². The van der Waals surface area contributed by atoms with Gasteiger partial charge in [-0.1, -0.05) is 20.8 Å². The lowest BCUT2D eigenvalue weighted by atomic mass is 10.2. The molecule has 2 rings (SSSR count). The number of rotatable bonds is 8. The van der Waals surface area contributed by atoms with Crippen LogP contribution in [0.4, 0.5) is 5.82 Å². The van der Waals surface area contributed by atoms with Gasteiger partial charge in [0.05, 0.1) is 11.9 Å². The average molecular weight is 291 g/mol. The van der Waals surface area contributed by atoms with E-state index >= 15 is 0 Å². The third kappa shape index (κ3) is 4.38. The molecule has 1 atom stereocenters. The monoisotopic (exact) mass is 291 g/mol. The van der Waals surface area contributed by atoms with E-state index in [9.17, 15) is 0 Å². The van der Waals surface area contributed by atoms with Crippen molar-refractivity contribution in [1.82, 2.24) is 20.2 Å². The number of hydrogen-bond donors (Lipinski definition) is 1. The van der Waals surface area contributed by atoms with Crippen LogP contribution in [0.2, 0.25) is 0 Å². The first kappa shape index (κ1) is 16.2. The summed E-state index contributed by atoms with van der Waals surface area (Å²) in [7, 11) is 0. The van der Waals surface area contributed by atoms with Gasteiger partial charge in [0.25, 0.3) is 0 Å². The summed E-state index contributed by atoms with van der Waals surface area (Å²) in [5.41, 5.74) is 1.03. The van der Waals surface area contributed by atoms with Crippen molar-refractivity contribution < 1.29 is 0 Å². The lowest BCUT2D eigenvalue weighted by Gasteiger charge is -2.26. The van der Waals surface area contributed by atoms with Gasteiger partial charge in [-0.3, -0.25) is 9.88 Å². The zero-order valence-corrected chi connectivity index (χ0v) is 13.7. The van der Waals surface area contributed by atoms with E-state index in [0.717, 1.165) is 57.2 Å². The zero-order valence-electron chi connectivity index (χ0n) is 13.7. The Morgan fingerprint density at radius 3 is 2.81 bits per heavy atom. The molecular weight excluding hydrogens is 262 g/mol. The first-order valence-corrected chi connectivity index (χ1v) is 8.29. The van der Waals surface area contributed by atoms with Crippen LogP contribution in [0.25, 0.3) is 0 Å². The molecule has 1 aliphatic rings. The number of nitrogens with zero attached hydrogens (tertiary/aromatic N) is 4. The molecule has 1 aromatic rings. The zero-order chi connectivity index (χ0) is 15.1. The van der Waals surface area contributed by atoms with Crippen LogP contribution in [0.3, 0.4) is 0 Å². The van der Waals surface area contributed by atoms with E-state index in [1.807, 2.05) is 12.4 Å². The van der Waals surface area contributed by atoms with Crippen molar-refractivity contribution in [1.29, 1.82) is 0 Å². The highest BCUT2D eigenvalue weighted by Crippen LogP contribution is 2.20. The summed E-state index contributed by atoms with van der Waals surface area (Å²) in [6.07, 6.45) is 6.13. The maximum absolute atomic E-state index is 4.75. The van der Waals surface area contributed by atoms with Crippen LogP contribution in [-0.2, 0) is 6.54 Å². The van der Waals surface area contributed by atoms with Gasteiger partial charge in [0, 0.05) is 31.9 Å². The smallest absolute Gasteiger partial charge is 0.147 e. The second kappa shape index (κ2) is 8.29. The molecule has 5 nitrogen and oxygen atoms in total. The topological polar surface area (TPSA) is 44.3 Å². The largest absolute Gasteiger partial charge is 0.354 e. The normalized spacial score (nSPS) is 18.7. The first-order valence-electron chi connectivity index (χ1n) is 8.29. The lowest BCUT2D eigenvalue weighted by molar-refractivity contribution is 0.232. The van der Waals surface area contributed by atoms with Crippen LogP contribution in [0.15, 0.2) is 12.4 Å². The molecule has 0 spiro atoms. The summed E-state index contributed by atoms with van der Waals surface area (Å²) in [6, 6.07) is 0.656. The predicted octanol–water partition coefficient (Wildman–Crippen LogP) is 1.90. The molecule has 1 fully saturated rings. The van der Waals surface area contributed by atoms with E-state index in [1.54, 1.807) is 0 Å². The van der Waals surface area contributed by atoms with Crippen LogP contribution in [0.1, 0.15) is 39.3 Å². The molecule has 0 radical (unpaired) electrons. The quantitative estimate of drug-likeness (QED) is 0.741. The van der Waals surface area contributed by atoms with E-state index in [0.29, 0.717) is 6.04 Å². The van der Waals surface area contributed by atoms with Crippen LogP contribution in [0, 0.1) is 0 Å². The minimum Gasteiger partial charge on any atom is -0.354 e. The maximum atomic E-state index is 4.75.